The molecule has 3 aromatic rings. The molecule has 0 aromatic heterocycles. The molecular weight excluding hydrogens is 578 g/mol. The van der Waals surface area contributed by atoms with Crippen LogP contribution in [0.5, 0.6) is 5.75 Å². The molecule has 3 aromatic carbocycles. The number of ether oxygens (including phenoxy) is 2. The van der Waals surface area contributed by atoms with Gasteiger partial charge in [-0.25, -0.2) is 13.1 Å². The number of carbonyl (C=O) groups excluding carboxylic acids is 2. The Bertz CT molecular complexity index is 1460. The second kappa shape index (κ2) is 15.8. The Morgan fingerprint density at radius 1 is 0.932 bits per heavy atom. The predicted octanol–water partition coefficient (Wildman–Crippen LogP) is 4.77. The Morgan fingerprint density at radius 2 is 1.59 bits per heavy atom. The summed E-state index contributed by atoms with van der Waals surface area (Å²) in [6, 6.07) is 22.5. The van der Waals surface area contributed by atoms with E-state index < -0.39 is 16.1 Å². The normalized spacial score (nSPS) is 13.8. The van der Waals surface area contributed by atoms with Crippen molar-refractivity contribution in [1.82, 2.24) is 14.9 Å². The minimum absolute atomic E-state index is 0.0251. The molecule has 0 aliphatic heterocycles. The van der Waals surface area contributed by atoms with Gasteiger partial charge in [-0.05, 0) is 80.5 Å². The number of nitrogens with zero attached hydrogens (tertiary/aromatic N) is 1. The van der Waals surface area contributed by atoms with Gasteiger partial charge < -0.3 is 19.7 Å². The van der Waals surface area contributed by atoms with Crippen LogP contribution in [-0.4, -0.2) is 57.5 Å². The molecule has 0 saturated heterocycles. The quantitative estimate of drug-likeness (QED) is 0.210. The molecule has 9 nitrogen and oxygen atoms in total. The van der Waals surface area contributed by atoms with Gasteiger partial charge in [-0.1, -0.05) is 54.6 Å². The molecule has 44 heavy (non-hydrogen) atoms. The van der Waals surface area contributed by atoms with Gasteiger partial charge in [-0.3, -0.25) is 9.59 Å². The standard InChI is InChI=1S/C34H43N3O6S/c1-25(2)43-23-7-22-35-34(39)33(28-8-5-4-6-9-28)37(24-27-10-17-30(42-3)18-11-27)32(38)21-14-26-12-19-31(20-13-26)44(40,41)36-29-15-16-29/h4-6,8-13,17-20,25,29,33,36H,7,14-16,21-24H2,1-3H3,(H,35,39)/t33-/m1/s1. The predicted molar refractivity (Wildman–Crippen MR) is 170 cm³/mol. The summed E-state index contributed by atoms with van der Waals surface area (Å²) < 4.78 is 38.7. The summed E-state index contributed by atoms with van der Waals surface area (Å²) in [6.45, 7) is 5.10. The van der Waals surface area contributed by atoms with E-state index in [1.165, 1.54) is 0 Å². The van der Waals surface area contributed by atoms with Gasteiger partial charge in [0.2, 0.25) is 21.8 Å². The van der Waals surface area contributed by atoms with Crippen LogP contribution in [0.1, 0.15) is 62.3 Å². The van der Waals surface area contributed by atoms with Crippen LogP contribution in [0.3, 0.4) is 0 Å². The number of aryl methyl sites for hydroxylation is 1. The number of carbonyl (C=O) groups is 2. The van der Waals surface area contributed by atoms with Crippen LogP contribution in [0.15, 0.2) is 83.8 Å². The topological polar surface area (TPSA) is 114 Å². The lowest BCUT2D eigenvalue weighted by atomic mass is 10.0. The molecule has 1 atom stereocenters. The van der Waals surface area contributed by atoms with Crippen molar-refractivity contribution in [2.24, 2.45) is 0 Å². The van der Waals surface area contributed by atoms with Crippen molar-refractivity contribution >= 4 is 21.8 Å². The monoisotopic (exact) mass is 621 g/mol. The number of amides is 2. The molecule has 0 unspecified atom stereocenters. The zero-order valence-corrected chi connectivity index (χ0v) is 26.5. The highest BCUT2D eigenvalue weighted by Crippen LogP contribution is 2.26. The lowest BCUT2D eigenvalue weighted by molar-refractivity contribution is -0.141. The van der Waals surface area contributed by atoms with Crippen LogP contribution >= 0.6 is 0 Å². The summed E-state index contributed by atoms with van der Waals surface area (Å²) in [7, 11) is -1.96. The van der Waals surface area contributed by atoms with E-state index in [4.69, 9.17) is 9.47 Å². The van der Waals surface area contributed by atoms with Gasteiger partial charge >= 0.3 is 0 Å². The van der Waals surface area contributed by atoms with Crippen molar-refractivity contribution < 1.29 is 27.5 Å². The van der Waals surface area contributed by atoms with Crippen molar-refractivity contribution in [2.75, 3.05) is 20.3 Å². The molecule has 2 N–H and O–H groups in total. The molecular formula is C34H43N3O6S. The fourth-order valence-electron chi connectivity index (χ4n) is 4.78. The van der Waals surface area contributed by atoms with Crippen LogP contribution in [0.25, 0.3) is 0 Å². The first-order chi connectivity index (χ1) is 21.2. The second-order valence-corrected chi connectivity index (χ2v) is 13.0. The van der Waals surface area contributed by atoms with E-state index in [-0.39, 0.29) is 41.8 Å². The Balaban J connectivity index is 1.53. The fourth-order valence-corrected chi connectivity index (χ4v) is 6.08. The number of rotatable bonds is 17. The van der Waals surface area contributed by atoms with Gasteiger partial charge in [-0.15, -0.1) is 0 Å². The second-order valence-electron chi connectivity index (χ2n) is 11.3. The molecule has 2 amide bonds. The Hall–Kier alpha value is -3.73. The van der Waals surface area contributed by atoms with Crippen LogP contribution in [-0.2, 0) is 37.3 Å². The summed E-state index contributed by atoms with van der Waals surface area (Å²) in [6.07, 6.45) is 3.02. The highest BCUT2D eigenvalue weighted by Gasteiger charge is 2.31. The maximum absolute atomic E-state index is 14.0. The van der Waals surface area contributed by atoms with E-state index in [1.54, 1.807) is 36.3 Å². The molecule has 0 spiro atoms. The maximum atomic E-state index is 14.0. The number of sulfonamides is 1. The van der Waals surface area contributed by atoms with Crippen molar-refractivity contribution in [3.05, 3.63) is 95.6 Å². The largest absolute Gasteiger partial charge is 0.497 e. The van der Waals surface area contributed by atoms with E-state index in [2.05, 4.69) is 10.0 Å². The third-order valence-corrected chi connectivity index (χ3v) is 8.88. The zero-order valence-electron chi connectivity index (χ0n) is 25.7. The van der Waals surface area contributed by atoms with E-state index in [1.807, 2.05) is 68.4 Å². The van der Waals surface area contributed by atoms with Crippen molar-refractivity contribution in [1.29, 1.82) is 0 Å². The van der Waals surface area contributed by atoms with Crippen molar-refractivity contribution in [2.45, 2.75) is 75.6 Å². The smallest absolute Gasteiger partial charge is 0.247 e. The number of hydrogen-bond donors (Lipinski definition) is 2. The van der Waals surface area contributed by atoms with Gasteiger partial charge in [0, 0.05) is 32.2 Å². The van der Waals surface area contributed by atoms with Crippen molar-refractivity contribution in [3.8, 4) is 5.75 Å². The zero-order chi connectivity index (χ0) is 31.5. The number of methoxy groups -OCH3 is 1. The third-order valence-electron chi connectivity index (χ3n) is 7.34. The Kier molecular flexibility index (Phi) is 11.9. The molecule has 4 rings (SSSR count). The summed E-state index contributed by atoms with van der Waals surface area (Å²) in [4.78, 5) is 29.5. The maximum Gasteiger partial charge on any atom is 0.247 e. The highest BCUT2D eigenvalue weighted by atomic mass is 32.2. The van der Waals surface area contributed by atoms with Gasteiger partial charge in [0.25, 0.3) is 0 Å². The molecule has 1 fully saturated rings. The van der Waals surface area contributed by atoms with Crippen LogP contribution < -0.4 is 14.8 Å². The number of benzene rings is 3. The minimum Gasteiger partial charge on any atom is -0.497 e. The van der Waals surface area contributed by atoms with E-state index in [0.29, 0.717) is 37.3 Å². The van der Waals surface area contributed by atoms with Crippen LogP contribution in [0, 0.1) is 0 Å². The van der Waals surface area contributed by atoms with Crippen LogP contribution in [0.4, 0.5) is 0 Å². The van der Waals surface area contributed by atoms with Gasteiger partial charge in [0.1, 0.15) is 11.8 Å². The molecule has 1 saturated carbocycles. The first kappa shape index (κ1) is 33.2. The number of nitrogens with one attached hydrogen (secondary N) is 2. The highest BCUT2D eigenvalue weighted by molar-refractivity contribution is 7.89. The average Bonchev–Trinajstić information content (AvgIpc) is 3.83. The Labute approximate surface area is 261 Å². The molecule has 1 aliphatic carbocycles. The minimum atomic E-state index is -3.55. The van der Waals surface area contributed by atoms with Gasteiger partial charge in [0.05, 0.1) is 18.1 Å². The lowest BCUT2D eigenvalue weighted by Crippen LogP contribution is -2.44. The summed E-state index contributed by atoms with van der Waals surface area (Å²) >= 11 is 0. The van der Waals surface area contributed by atoms with E-state index in [0.717, 1.165) is 24.0 Å². The van der Waals surface area contributed by atoms with Crippen molar-refractivity contribution in [3.63, 3.8) is 0 Å². The van der Waals surface area contributed by atoms with E-state index >= 15 is 0 Å². The molecule has 0 radical (unpaired) electrons. The average molecular weight is 622 g/mol. The lowest BCUT2D eigenvalue weighted by Gasteiger charge is -2.32. The molecule has 1 aliphatic rings. The molecule has 10 heteroatoms. The summed E-state index contributed by atoms with van der Waals surface area (Å²) in [5, 5.41) is 3.01. The van der Waals surface area contributed by atoms with Gasteiger partial charge in [0.15, 0.2) is 0 Å². The first-order valence-corrected chi connectivity index (χ1v) is 16.6. The third kappa shape index (κ3) is 9.90. The molecule has 0 bridgehead atoms. The summed E-state index contributed by atoms with van der Waals surface area (Å²) in [5.74, 6) is 0.241. The van der Waals surface area contributed by atoms with E-state index in [9.17, 15) is 18.0 Å². The fraction of sp³-hybridized carbons (Fsp3) is 0.412. The SMILES string of the molecule is COc1ccc(CN(C(=O)CCc2ccc(S(=O)(=O)NC3CC3)cc2)[C@@H](C(=O)NCCCOC(C)C)c2ccccc2)cc1. The first-order valence-electron chi connectivity index (χ1n) is 15.1. The van der Waals surface area contributed by atoms with Crippen LogP contribution in [0.2, 0.25) is 0 Å². The van der Waals surface area contributed by atoms with Gasteiger partial charge in [-0.2, -0.15) is 0 Å². The Morgan fingerprint density at radius 3 is 2.20 bits per heavy atom. The number of hydrogen-bond acceptors (Lipinski definition) is 6. The summed E-state index contributed by atoms with van der Waals surface area (Å²) in [5.41, 5.74) is 2.40. The molecule has 236 valence electrons. The molecule has 0 heterocycles.